The maximum absolute atomic E-state index is 5.93. The Kier molecular flexibility index (Phi) is 4.07. The Morgan fingerprint density at radius 2 is 2.28 bits per heavy atom. The number of hydrogen-bond acceptors (Lipinski definition) is 2. The lowest BCUT2D eigenvalue weighted by Gasteiger charge is -2.16. The Hall–Kier alpha value is -1.71. The van der Waals surface area contributed by atoms with E-state index in [9.17, 15) is 0 Å². The third kappa shape index (κ3) is 3.39. The third-order valence-electron chi connectivity index (χ3n) is 3.26. The minimum atomic E-state index is 0.616. The van der Waals surface area contributed by atoms with Crippen molar-refractivity contribution in [3.8, 4) is 5.75 Å². The summed E-state index contributed by atoms with van der Waals surface area (Å²) in [5.41, 5.74) is 7.15. The highest BCUT2D eigenvalue weighted by atomic mass is 16.5. The van der Waals surface area contributed by atoms with Gasteiger partial charge in [-0.3, -0.25) is 4.99 Å². The molecule has 0 atom stereocenters. The molecule has 0 aromatic heterocycles. The van der Waals surface area contributed by atoms with Crippen LogP contribution in [0.2, 0.25) is 0 Å². The van der Waals surface area contributed by atoms with Gasteiger partial charge in [-0.15, -0.1) is 0 Å². The first-order valence-corrected chi connectivity index (χ1v) is 6.36. The van der Waals surface area contributed by atoms with E-state index in [0.717, 1.165) is 18.7 Å². The lowest BCUT2D eigenvalue weighted by atomic mass is 10.1. The smallest absolute Gasteiger partial charge is 0.191 e. The molecule has 0 spiro atoms. The van der Waals surface area contributed by atoms with Crippen LogP contribution < -0.4 is 10.5 Å². The number of hydrogen-bond donors (Lipinski definition) is 1. The molecule has 0 bridgehead atoms. The van der Waals surface area contributed by atoms with Crippen LogP contribution in [0, 0.1) is 0 Å². The van der Waals surface area contributed by atoms with Crippen molar-refractivity contribution in [2.45, 2.75) is 25.3 Å². The second kappa shape index (κ2) is 5.76. The summed E-state index contributed by atoms with van der Waals surface area (Å²) in [6.45, 7) is 0.718. The van der Waals surface area contributed by atoms with E-state index in [4.69, 9.17) is 10.5 Å². The van der Waals surface area contributed by atoms with Crippen molar-refractivity contribution in [2.24, 2.45) is 10.7 Å². The molecule has 2 N–H and O–H groups in total. The molecule has 1 fully saturated rings. The Morgan fingerprint density at radius 1 is 1.50 bits per heavy atom. The molecule has 0 radical (unpaired) electrons. The van der Waals surface area contributed by atoms with Crippen LogP contribution in [0.5, 0.6) is 5.75 Å². The number of methoxy groups -OCH3 is 1. The second-order valence-corrected chi connectivity index (χ2v) is 4.68. The van der Waals surface area contributed by atoms with Gasteiger partial charge in [-0.2, -0.15) is 0 Å². The van der Waals surface area contributed by atoms with Crippen LogP contribution in [-0.4, -0.2) is 37.6 Å². The number of benzene rings is 1. The van der Waals surface area contributed by atoms with E-state index in [0.29, 0.717) is 12.0 Å². The molecular weight excluding hydrogens is 226 g/mol. The molecule has 0 amide bonds. The van der Waals surface area contributed by atoms with E-state index in [1.54, 1.807) is 7.11 Å². The summed E-state index contributed by atoms with van der Waals surface area (Å²) in [6.07, 6.45) is 3.36. The summed E-state index contributed by atoms with van der Waals surface area (Å²) in [5.74, 6) is 1.54. The van der Waals surface area contributed by atoms with Crippen LogP contribution >= 0.6 is 0 Å². The fraction of sp³-hybridized carbons (Fsp3) is 0.500. The molecule has 0 saturated heterocycles. The number of ether oxygens (including phenoxy) is 1. The predicted molar refractivity (Wildman–Crippen MR) is 74.0 cm³/mol. The fourth-order valence-corrected chi connectivity index (χ4v) is 1.89. The SMILES string of the molecule is COc1cccc(CCN=C(N)N(C)C2CC2)c1. The number of aliphatic imine (C=N–C) groups is 1. The average molecular weight is 247 g/mol. The van der Waals surface area contributed by atoms with E-state index < -0.39 is 0 Å². The Labute approximate surface area is 108 Å². The van der Waals surface area contributed by atoms with Crippen LogP contribution in [-0.2, 0) is 6.42 Å². The lowest BCUT2D eigenvalue weighted by molar-refractivity contribution is 0.414. The lowest BCUT2D eigenvalue weighted by Crippen LogP contribution is -2.35. The highest BCUT2D eigenvalue weighted by molar-refractivity contribution is 5.78. The van der Waals surface area contributed by atoms with Gasteiger partial charge in [-0.1, -0.05) is 12.1 Å². The van der Waals surface area contributed by atoms with Crippen LogP contribution in [0.15, 0.2) is 29.3 Å². The first-order valence-electron chi connectivity index (χ1n) is 6.36. The van der Waals surface area contributed by atoms with Crippen molar-refractivity contribution in [1.82, 2.24) is 4.90 Å². The molecule has 0 unspecified atom stereocenters. The van der Waals surface area contributed by atoms with Crippen molar-refractivity contribution in [3.05, 3.63) is 29.8 Å². The van der Waals surface area contributed by atoms with E-state index in [2.05, 4.69) is 16.0 Å². The van der Waals surface area contributed by atoms with Gasteiger partial charge in [0.25, 0.3) is 0 Å². The van der Waals surface area contributed by atoms with Crippen LogP contribution in [0.4, 0.5) is 0 Å². The largest absolute Gasteiger partial charge is 0.497 e. The highest BCUT2D eigenvalue weighted by Crippen LogP contribution is 2.24. The Morgan fingerprint density at radius 3 is 2.94 bits per heavy atom. The van der Waals surface area contributed by atoms with Crippen LogP contribution in [0.3, 0.4) is 0 Å². The second-order valence-electron chi connectivity index (χ2n) is 4.68. The maximum Gasteiger partial charge on any atom is 0.191 e. The molecule has 1 aromatic carbocycles. The Balaban J connectivity index is 1.84. The molecule has 1 saturated carbocycles. The molecule has 1 aliphatic carbocycles. The van der Waals surface area contributed by atoms with Crippen LogP contribution in [0.1, 0.15) is 18.4 Å². The van der Waals surface area contributed by atoms with Crippen molar-refractivity contribution < 1.29 is 4.74 Å². The zero-order valence-corrected chi connectivity index (χ0v) is 11.1. The summed E-state index contributed by atoms with van der Waals surface area (Å²) < 4.78 is 5.19. The van der Waals surface area contributed by atoms with Gasteiger partial charge in [0.1, 0.15) is 5.75 Å². The van der Waals surface area contributed by atoms with Gasteiger partial charge in [-0.25, -0.2) is 0 Å². The molecular formula is C14H21N3O. The minimum absolute atomic E-state index is 0.616. The zero-order valence-electron chi connectivity index (χ0n) is 11.1. The van der Waals surface area contributed by atoms with E-state index in [1.807, 2.05) is 25.2 Å². The molecule has 0 aliphatic heterocycles. The predicted octanol–water partition coefficient (Wildman–Crippen LogP) is 1.65. The quantitative estimate of drug-likeness (QED) is 0.636. The van der Waals surface area contributed by atoms with Gasteiger partial charge in [-0.05, 0) is 37.0 Å². The van der Waals surface area contributed by atoms with E-state index in [-0.39, 0.29) is 0 Å². The summed E-state index contributed by atoms with van der Waals surface area (Å²) in [4.78, 5) is 6.49. The standard InChI is InChI=1S/C14H21N3O/c1-17(12-6-7-12)14(15)16-9-8-11-4-3-5-13(10-11)18-2/h3-5,10,12H,6-9H2,1-2H3,(H2,15,16). The zero-order chi connectivity index (χ0) is 13.0. The summed E-state index contributed by atoms with van der Waals surface area (Å²) in [7, 11) is 3.70. The monoisotopic (exact) mass is 247 g/mol. The van der Waals surface area contributed by atoms with Gasteiger partial charge < -0.3 is 15.4 Å². The van der Waals surface area contributed by atoms with Gasteiger partial charge >= 0.3 is 0 Å². The van der Waals surface area contributed by atoms with Gasteiger partial charge in [0.05, 0.1) is 7.11 Å². The van der Waals surface area contributed by atoms with E-state index in [1.165, 1.54) is 18.4 Å². The van der Waals surface area contributed by atoms with Crippen molar-refractivity contribution >= 4 is 5.96 Å². The number of guanidine groups is 1. The van der Waals surface area contributed by atoms with Crippen molar-refractivity contribution in [3.63, 3.8) is 0 Å². The topological polar surface area (TPSA) is 50.9 Å². The third-order valence-corrected chi connectivity index (χ3v) is 3.26. The average Bonchev–Trinajstić information content (AvgIpc) is 3.22. The van der Waals surface area contributed by atoms with Gasteiger partial charge in [0.2, 0.25) is 0 Å². The van der Waals surface area contributed by atoms with E-state index >= 15 is 0 Å². The molecule has 1 aromatic rings. The fourth-order valence-electron chi connectivity index (χ4n) is 1.89. The molecule has 0 heterocycles. The summed E-state index contributed by atoms with van der Waals surface area (Å²) in [5, 5.41) is 0. The first-order chi connectivity index (χ1) is 8.70. The minimum Gasteiger partial charge on any atom is -0.497 e. The molecule has 4 nitrogen and oxygen atoms in total. The molecule has 2 rings (SSSR count). The number of nitrogens with two attached hydrogens (primary N) is 1. The van der Waals surface area contributed by atoms with Crippen molar-refractivity contribution in [1.29, 1.82) is 0 Å². The number of nitrogens with zero attached hydrogens (tertiary/aromatic N) is 2. The normalized spacial score (nSPS) is 15.6. The van der Waals surface area contributed by atoms with Gasteiger partial charge in [0.15, 0.2) is 5.96 Å². The van der Waals surface area contributed by atoms with Crippen molar-refractivity contribution in [2.75, 3.05) is 20.7 Å². The first kappa shape index (κ1) is 12.7. The summed E-state index contributed by atoms with van der Waals surface area (Å²) in [6, 6.07) is 8.68. The summed E-state index contributed by atoms with van der Waals surface area (Å²) >= 11 is 0. The highest BCUT2D eigenvalue weighted by Gasteiger charge is 2.27. The molecule has 98 valence electrons. The van der Waals surface area contributed by atoms with Gasteiger partial charge in [0, 0.05) is 19.6 Å². The van der Waals surface area contributed by atoms with Crippen LogP contribution in [0.25, 0.3) is 0 Å². The molecule has 1 aliphatic rings. The maximum atomic E-state index is 5.93. The Bertz CT molecular complexity index is 427. The molecule has 18 heavy (non-hydrogen) atoms. The molecule has 4 heteroatoms. The number of rotatable bonds is 5.